The first-order valence-corrected chi connectivity index (χ1v) is 5.46. The van der Waals surface area contributed by atoms with Crippen molar-refractivity contribution in [2.24, 2.45) is 0 Å². The van der Waals surface area contributed by atoms with Gasteiger partial charge in [-0.1, -0.05) is 0 Å². The third-order valence-electron chi connectivity index (χ3n) is 2.59. The molecule has 0 spiro atoms. The summed E-state index contributed by atoms with van der Waals surface area (Å²) in [4.78, 5) is 14.7. The lowest BCUT2D eigenvalue weighted by Gasteiger charge is -2.13. The van der Waals surface area contributed by atoms with Crippen LogP contribution in [-0.2, 0) is 9.47 Å². The number of rotatable bonds is 4. The van der Waals surface area contributed by atoms with Gasteiger partial charge in [0.2, 0.25) is 6.29 Å². The number of aromatic hydroxyl groups is 1. The Morgan fingerprint density at radius 2 is 2.37 bits per heavy atom. The number of aromatic nitrogens is 1. The number of hydrogen-bond acceptors (Lipinski definition) is 7. The van der Waals surface area contributed by atoms with E-state index < -0.39 is 29.8 Å². The molecule has 8 heteroatoms. The molecule has 0 bridgehead atoms. The quantitative estimate of drug-likeness (QED) is 0.694. The Bertz CT molecular complexity index is 490. The molecule has 1 aliphatic rings. The van der Waals surface area contributed by atoms with Gasteiger partial charge in [-0.25, -0.2) is 9.78 Å². The third kappa shape index (κ3) is 2.60. The molecule has 19 heavy (non-hydrogen) atoms. The molecule has 3 N–H and O–H groups in total. The number of methoxy groups -OCH3 is 1. The molecular formula is C11H13NO7. The minimum Gasteiger partial charge on any atom is -0.503 e. The Morgan fingerprint density at radius 1 is 1.63 bits per heavy atom. The van der Waals surface area contributed by atoms with Crippen molar-refractivity contribution < 1.29 is 34.3 Å². The summed E-state index contributed by atoms with van der Waals surface area (Å²) in [6.07, 6.45) is -1.38. The van der Waals surface area contributed by atoms with Crippen LogP contribution in [0.5, 0.6) is 11.5 Å². The highest BCUT2D eigenvalue weighted by molar-refractivity contribution is 5.89. The molecule has 2 unspecified atom stereocenters. The molecule has 0 aliphatic carbocycles. The van der Waals surface area contributed by atoms with Crippen molar-refractivity contribution in [1.29, 1.82) is 0 Å². The smallest absolute Gasteiger partial charge is 0.358 e. The number of carbonyl (C=O) groups is 1. The van der Waals surface area contributed by atoms with E-state index in [2.05, 4.69) is 4.98 Å². The zero-order chi connectivity index (χ0) is 14.0. The predicted octanol–water partition coefficient (Wildman–Crippen LogP) is -0.0997. The first kappa shape index (κ1) is 13.5. The summed E-state index contributed by atoms with van der Waals surface area (Å²) in [6, 6.07) is 1.33. The summed E-state index contributed by atoms with van der Waals surface area (Å²) < 4.78 is 15.4. The van der Waals surface area contributed by atoms with Gasteiger partial charge < -0.3 is 29.5 Å². The van der Waals surface area contributed by atoms with Gasteiger partial charge in [0.15, 0.2) is 17.2 Å². The van der Waals surface area contributed by atoms with Crippen LogP contribution in [0.25, 0.3) is 0 Å². The number of carboxylic acids is 1. The number of hydrogen-bond donors (Lipinski definition) is 3. The second-order valence-electron chi connectivity index (χ2n) is 3.86. The molecule has 1 fully saturated rings. The molecule has 1 aliphatic heterocycles. The SMILES string of the molecule is COc1cc(C2OCC(CO)O2)nc(C(=O)O)c1O. The van der Waals surface area contributed by atoms with E-state index in [1.54, 1.807) is 0 Å². The summed E-state index contributed by atoms with van der Waals surface area (Å²) in [5.74, 6) is -1.99. The molecule has 2 rings (SSSR count). The molecule has 0 aromatic carbocycles. The number of aliphatic hydroxyl groups excluding tert-OH is 1. The molecule has 1 aromatic heterocycles. The van der Waals surface area contributed by atoms with E-state index >= 15 is 0 Å². The lowest BCUT2D eigenvalue weighted by Crippen LogP contribution is -2.15. The summed E-state index contributed by atoms with van der Waals surface area (Å²) in [5.41, 5.74) is -0.392. The van der Waals surface area contributed by atoms with Crippen LogP contribution >= 0.6 is 0 Å². The van der Waals surface area contributed by atoms with E-state index in [-0.39, 0.29) is 24.7 Å². The van der Waals surface area contributed by atoms with Gasteiger partial charge in [0, 0.05) is 6.07 Å². The number of pyridine rings is 1. The van der Waals surface area contributed by atoms with Gasteiger partial charge in [-0.3, -0.25) is 0 Å². The normalized spacial score (nSPS) is 22.4. The first-order chi connectivity index (χ1) is 9.06. The Hall–Kier alpha value is -1.90. The number of ether oxygens (including phenoxy) is 3. The average Bonchev–Trinajstić information content (AvgIpc) is 2.87. The Kier molecular flexibility index (Phi) is 3.84. The molecule has 104 valence electrons. The molecule has 2 atom stereocenters. The Balaban J connectivity index is 2.36. The van der Waals surface area contributed by atoms with Gasteiger partial charge in [0.25, 0.3) is 0 Å². The molecule has 1 saturated heterocycles. The van der Waals surface area contributed by atoms with E-state index in [0.717, 1.165) is 0 Å². The number of carboxylic acid groups (broad SMARTS) is 1. The lowest BCUT2D eigenvalue weighted by molar-refractivity contribution is -0.0705. The van der Waals surface area contributed by atoms with Crippen molar-refractivity contribution in [1.82, 2.24) is 4.98 Å². The third-order valence-corrected chi connectivity index (χ3v) is 2.59. The molecule has 2 heterocycles. The zero-order valence-electron chi connectivity index (χ0n) is 10.1. The van der Waals surface area contributed by atoms with Gasteiger partial charge in [-0.2, -0.15) is 0 Å². The average molecular weight is 271 g/mol. The molecule has 1 aromatic rings. The van der Waals surface area contributed by atoms with E-state index in [4.69, 9.17) is 24.4 Å². The highest BCUT2D eigenvalue weighted by Crippen LogP contribution is 2.34. The van der Waals surface area contributed by atoms with E-state index in [0.29, 0.717) is 0 Å². The van der Waals surface area contributed by atoms with Crippen molar-refractivity contribution in [3.05, 3.63) is 17.5 Å². The van der Waals surface area contributed by atoms with Gasteiger partial charge in [-0.05, 0) is 0 Å². The maximum atomic E-state index is 11.0. The second kappa shape index (κ2) is 5.39. The fraction of sp³-hybridized carbons (Fsp3) is 0.455. The van der Waals surface area contributed by atoms with Crippen LogP contribution in [0.4, 0.5) is 0 Å². The summed E-state index contributed by atoms with van der Waals surface area (Å²) in [7, 11) is 1.29. The summed E-state index contributed by atoms with van der Waals surface area (Å²) in [5, 5.41) is 27.5. The minimum atomic E-state index is -1.39. The number of aliphatic hydroxyl groups is 1. The fourth-order valence-electron chi connectivity index (χ4n) is 1.66. The van der Waals surface area contributed by atoms with Gasteiger partial charge in [-0.15, -0.1) is 0 Å². The van der Waals surface area contributed by atoms with Crippen LogP contribution in [0.15, 0.2) is 6.07 Å². The number of aromatic carboxylic acids is 1. The standard InChI is InChI=1S/C11H13NO7/c1-17-7-2-6(11-18-4-5(3-13)19-11)12-8(9(7)14)10(15)16/h2,5,11,13-14H,3-4H2,1H3,(H,15,16). The predicted molar refractivity (Wildman–Crippen MR) is 60.1 cm³/mol. The Morgan fingerprint density at radius 3 is 2.89 bits per heavy atom. The van der Waals surface area contributed by atoms with Crippen LogP contribution in [0.2, 0.25) is 0 Å². The minimum absolute atomic E-state index is 0.0398. The first-order valence-electron chi connectivity index (χ1n) is 5.46. The largest absolute Gasteiger partial charge is 0.503 e. The van der Waals surface area contributed by atoms with Crippen LogP contribution in [0, 0.1) is 0 Å². The van der Waals surface area contributed by atoms with E-state index in [1.807, 2.05) is 0 Å². The number of nitrogens with zero attached hydrogens (tertiary/aromatic N) is 1. The molecule has 0 radical (unpaired) electrons. The Labute approximate surface area is 108 Å². The summed E-state index contributed by atoms with van der Waals surface area (Å²) in [6.45, 7) is -0.0358. The van der Waals surface area contributed by atoms with E-state index in [9.17, 15) is 9.90 Å². The van der Waals surface area contributed by atoms with E-state index in [1.165, 1.54) is 13.2 Å². The van der Waals surface area contributed by atoms with Gasteiger partial charge >= 0.3 is 5.97 Å². The highest BCUT2D eigenvalue weighted by atomic mass is 16.7. The second-order valence-corrected chi connectivity index (χ2v) is 3.86. The van der Waals surface area contributed by atoms with Crippen LogP contribution in [0.1, 0.15) is 22.5 Å². The van der Waals surface area contributed by atoms with Crippen LogP contribution in [-0.4, -0.2) is 52.7 Å². The molecule has 0 saturated carbocycles. The lowest BCUT2D eigenvalue weighted by atomic mass is 10.2. The maximum Gasteiger partial charge on any atom is 0.358 e. The topological polar surface area (TPSA) is 118 Å². The van der Waals surface area contributed by atoms with Crippen molar-refractivity contribution >= 4 is 5.97 Å². The van der Waals surface area contributed by atoms with Crippen LogP contribution < -0.4 is 4.74 Å². The monoisotopic (exact) mass is 271 g/mol. The summed E-state index contributed by atoms with van der Waals surface area (Å²) >= 11 is 0. The molecular weight excluding hydrogens is 258 g/mol. The fourth-order valence-corrected chi connectivity index (χ4v) is 1.66. The van der Waals surface area contributed by atoms with Crippen LogP contribution in [0.3, 0.4) is 0 Å². The van der Waals surface area contributed by atoms with Crippen molar-refractivity contribution in [3.63, 3.8) is 0 Å². The molecule has 0 amide bonds. The maximum absolute atomic E-state index is 11.0. The zero-order valence-corrected chi connectivity index (χ0v) is 10.1. The molecule has 8 nitrogen and oxygen atoms in total. The van der Waals surface area contributed by atoms with Gasteiger partial charge in [0.05, 0.1) is 20.3 Å². The van der Waals surface area contributed by atoms with Crippen molar-refractivity contribution in [3.8, 4) is 11.5 Å². The highest BCUT2D eigenvalue weighted by Gasteiger charge is 2.30. The van der Waals surface area contributed by atoms with Crippen molar-refractivity contribution in [2.45, 2.75) is 12.4 Å². The van der Waals surface area contributed by atoms with Gasteiger partial charge in [0.1, 0.15) is 11.8 Å². The van der Waals surface area contributed by atoms with Crippen molar-refractivity contribution in [2.75, 3.05) is 20.3 Å².